The molecule has 21 heavy (non-hydrogen) atoms. The molecule has 0 radical (unpaired) electrons. The second kappa shape index (κ2) is 5.58. The maximum absolute atomic E-state index is 10.8. The number of nitrogens with one attached hydrogen (secondary N) is 2. The highest BCUT2D eigenvalue weighted by atomic mass is 16.3. The van der Waals surface area contributed by atoms with Crippen molar-refractivity contribution in [3.63, 3.8) is 0 Å². The predicted octanol–water partition coefficient (Wildman–Crippen LogP) is 3.54. The number of hydrogen-bond donors (Lipinski definition) is 3. The van der Waals surface area contributed by atoms with Crippen LogP contribution in [-0.4, -0.2) is 6.03 Å². The van der Waals surface area contributed by atoms with E-state index in [1.807, 2.05) is 48.5 Å². The standard InChI is InChI=1S/C16H15N3O2/c17-16(20)19-13-6-3-5-12(9-13)18-10-14-8-11-4-1-2-7-15(11)21-14/h1-9,18H,10H2,(H3,17,19,20). The number of amides is 2. The van der Waals surface area contributed by atoms with E-state index in [-0.39, 0.29) is 0 Å². The number of fused-ring (bicyclic) bond motifs is 1. The van der Waals surface area contributed by atoms with Crippen LogP contribution in [0.25, 0.3) is 11.0 Å². The van der Waals surface area contributed by atoms with Gasteiger partial charge in [-0.05, 0) is 30.3 Å². The second-order valence-corrected chi connectivity index (χ2v) is 4.67. The summed E-state index contributed by atoms with van der Waals surface area (Å²) < 4.78 is 5.73. The number of furan rings is 1. The Kier molecular flexibility index (Phi) is 3.47. The van der Waals surface area contributed by atoms with Gasteiger partial charge >= 0.3 is 6.03 Å². The first-order valence-corrected chi connectivity index (χ1v) is 6.58. The summed E-state index contributed by atoms with van der Waals surface area (Å²) in [5, 5.41) is 6.87. The van der Waals surface area contributed by atoms with E-state index in [0.717, 1.165) is 22.4 Å². The van der Waals surface area contributed by atoms with Crippen molar-refractivity contribution in [1.29, 1.82) is 0 Å². The molecule has 0 saturated heterocycles. The van der Waals surface area contributed by atoms with Crippen LogP contribution in [-0.2, 0) is 6.54 Å². The van der Waals surface area contributed by atoms with Gasteiger partial charge in [-0.3, -0.25) is 0 Å². The van der Waals surface area contributed by atoms with Crippen molar-refractivity contribution in [3.8, 4) is 0 Å². The molecule has 2 amide bonds. The number of benzene rings is 2. The Balaban J connectivity index is 1.70. The van der Waals surface area contributed by atoms with E-state index in [1.54, 1.807) is 6.07 Å². The monoisotopic (exact) mass is 281 g/mol. The van der Waals surface area contributed by atoms with E-state index in [1.165, 1.54) is 0 Å². The lowest BCUT2D eigenvalue weighted by molar-refractivity contribution is 0.259. The molecule has 0 spiro atoms. The summed E-state index contributed by atoms with van der Waals surface area (Å²) in [6, 6.07) is 16.6. The highest BCUT2D eigenvalue weighted by molar-refractivity contribution is 5.88. The van der Waals surface area contributed by atoms with Crippen LogP contribution in [0.3, 0.4) is 0 Å². The number of nitrogens with two attached hydrogens (primary N) is 1. The number of carbonyl (C=O) groups excluding carboxylic acids is 1. The van der Waals surface area contributed by atoms with Gasteiger partial charge in [0.15, 0.2) is 0 Å². The first kappa shape index (κ1) is 13.1. The average molecular weight is 281 g/mol. The van der Waals surface area contributed by atoms with E-state index in [2.05, 4.69) is 10.6 Å². The van der Waals surface area contributed by atoms with Crippen molar-refractivity contribution in [2.75, 3.05) is 10.6 Å². The molecule has 0 atom stereocenters. The number of para-hydroxylation sites is 1. The molecule has 2 aromatic carbocycles. The second-order valence-electron chi connectivity index (χ2n) is 4.67. The van der Waals surface area contributed by atoms with Gasteiger partial charge in [0, 0.05) is 16.8 Å². The third-order valence-electron chi connectivity index (χ3n) is 3.07. The minimum Gasteiger partial charge on any atom is -0.459 e. The SMILES string of the molecule is NC(=O)Nc1cccc(NCc2cc3ccccc3o2)c1. The van der Waals surface area contributed by atoms with Gasteiger partial charge in [-0.15, -0.1) is 0 Å². The van der Waals surface area contributed by atoms with Crippen LogP contribution < -0.4 is 16.4 Å². The molecule has 0 unspecified atom stereocenters. The van der Waals surface area contributed by atoms with Gasteiger partial charge in [-0.25, -0.2) is 4.79 Å². The molecule has 5 nitrogen and oxygen atoms in total. The highest BCUT2D eigenvalue weighted by Crippen LogP contribution is 2.20. The van der Waals surface area contributed by atoms with Crippen LogP contribution in [0.2, 0.25) is 0 Å². The molecule has 1 heterocycles. The van der Waals surface area contributed by atoms with Crippen molar-refractivity contribution in [1.82, 2.24) is 0 Å². The molecule has 3 aromatic rings. The lowest BCUT2D eigenvalue weighted by Gasteiger charge is -2.07. The number of anilines is 2. The van der Waals surface area contributed by atoms with E-state index in [9.17, 15) is 4.79 Å². The molecule has 106 valence electrons. The fourth-order valence-corrected chi connectivity index (χ4v) is 2.16. The minimum absolute atomic E-state index is 0.564. The zero-order valence-electron chi connectivity index (χ0n) is 11.3. The van der Waals surface area contributed by atoms with Gasteiger partial charge in [-0.2, -0.15) is 0 Å². The van der Waals surface area contributed by atoms with Gasteiger partial charge in [-0.1, -0.05) is 24.3 Å². The molecule has 3 rings (SSSR count). The molecule has 1 aromatic heterocycles. The number of hydrogen-bond acceptors (Lipinski definition) is 3. The Bertz CT molecular complexity index is 747. The number of rotatable bonds is 4. The Hall–Kier alpha value is -2.95. The average Bonchev–Trinajstić information content (AvgIpc) is 2.87. The van der Waals surface area contributed by atoms with Gasteiger partial charge in [0.2, 0.25) is 0 Å². The summed E-state index contributed by atoms with van der Waals surface area (Å²) in [5.74, 6) is 0.851. The third-order valence-corrected chi connectivity index (χ3v) is 3.07. The van der Waals surface area contributed by atoms with Crippen molar-refractivity contribution in [2.24, 2.45) is 5.73 Å². The van der Waals surface area contributed by atoms with Crippen LogP contribution in [0.5, 0.6) is 0 Å². The fourth-order valence-electron chi connectivity index (χ4n) is 2.16. The van der Waals surface area contributed by atoms with Crippen molar-refractivity contribution in [2.45, 2.75) is 6.54 Å². The molecule has 4 N–H and O–H groups in total. The summed E-state index contributed by atoms with van der Waals surface area (Å²) in [4.78, 5) is 10.8. The molecule has 0 fully saturated rings. The maximum atomic E-state index is 10.8. The Morgan fingerprint density at radius 1 is 1.05 bits per heavy atom. The van der Waals surface area contributed by atoms with E-state index in [0.29, 0.717) is 12.2 Å². The zero-order chi connectivity index (χ0) is 14.7. The van der Waals surface area contributed by atoms with Crippen LogP contribution in [0.15, 0.2) is 59.0 Å². The summed E-state index contributed by atoms with van der Waals surface area (Å²) >= 11 is 0. The van der Waals surface area contributed by atoms with Gasteiger partial charge in [0.25, 0.3) is 0 Å². The van der Waals surface area contributed by atoms with E-state index < -0.39 is 6.03 Å². The number of primary amides is 1. The van der Waals surface area contributed by atoms with Gasteiger partial charge in [0.05, 0.1) is 6.54 Å². The Morgan fingerprint density at radius 2 is 1.86 bits per heavy atom. The molecule has 0 aliphatic heterocycles. The topological polar surface area (TPSA) is 80.3 Å². The molecule has 5 heteroatoms. The smallest absolute Gasteiger partial charge is 0.316 e. The van der Waals surface area contributed by atoms with E-state index >= 15 is 0 Å². The van der Waals surface area contributed by atoms with Crippen LogP contribution in [0.1, 0.15) is 5.76 Å². The van der Waals surface area contributed by atoms with Gasteiger partial charge in [0.1, 0.15) is 11.3 Å². The molecular weight excluding hydrogens is 266 g/mol. The predicted molar refractivity (Wildman–Crippen MR) is 83.2 cm³/mol. The van der Waals surface area contributed by atoms with Crippen molar-refractivity contribution < 1.29 is 9.21 Å². The van der Waals surface area contributed by atoms with Crippen molar-refractivity contribution >= 4 is 28.4 Å². The van der Waals surface area contributed by atoms with Crippen molar-refractivity contribution in [3.05, 3.63) is 60.4 Å². The van der Waals surface area contributed by atoms with Crippen LogP contribution in [0, 0.1) is 0 Å². The summed E-state index contributed by atoms with van der Waals surface area (Å²) in [6.45, 7) is 0.564. The Morgan fingerprint density at radius 3 is 2.67 bits per heavy atom. The van der Waals surface area contributed by atoms with Gasteiger partial charge < -0.3 is 20.8 Å². The molecule has 0 saturated carbocycles. The quantitative estimate of drug-likeness (QED) is 0.684. The zero-order valence-corrected chi connectivity index (χ0v) is 11.3. The molecular formula is C16H15N3O2. The molecule has 0 bridgehead atoms. The number of urea groups is 1. The first-order chi connectivity index (χ1) is 10.2. The fraction of sp³-hybridized carbons (Fsp3) is 0.0625. The van der Waals surface area contributed by atoms with Crippen LogP contribution in [0.4, 0.5) is 16.2 Å². The number of carbonyl (C=O) groups is 1. The molecule has 0 aliphatic rings. The normalized spacial score (nSPS) is 10.5. The van der Waals surface area contributed by atoms with Crippen LogP contribution >= 0.6 is 0 Å². The first-order valence-electron chi connectivity index (χ1n) is 6.58. The Labute approximate surface area is 121 Å². The minimum atomic E-state index is -0.579. The lowest BCUT2D eigenvalue weighted by atomic mass is 10.2. The summed E-state index contributed by atoms with van der Waals surface area (Å²) in [6.07, 6.45) is 0. The van der Waals surface area contributed by atoms with E-state index in [4.69, 9.17) is 10.2 Å². The lowest BCUT2D eigenvalue weighted by Crippen LogP contribution is -2.19. The summed E-state index contributed by atoms with van der Waals surface area (Å²) in [7, 11) is 0. The summed E-state index contributed by atoms with van der Waals surface area (Å²) in [5.41, 5.74) is 7.50. The largest absolute Gasteiger partial charge is 0.459 e. The third kappa shape index (κ3) is 3.14. The molecule has 0 aliphatic carbocycles. The highest BCUT2D eigenvalue weighted by Gasteiger charge is 2.03. The maximum Gasteiger partial charge on any atom is 0.316 e.